The number of hydrogen-bond acceptors (Lipinski definition) is 2. The Morgan fingerprint density at radius 3 is 1.90 bits per heavy atom. The summed E-state index contributed by atoms with van der Waals surface area (Å²) in [6, 6.07) is 31.7. The molecule has 1 aliphatic carbocycles. The molecule has 5 atom stereocenters. The van der Waals surface area contributed by atoms with E-state index in [1.54, 1.807) is 0 Å². The zero-order valence-corrected chi connectivity index (χ0v) is 16.8. The van der Waals surface area contributed by atoms with Crippen molar-refractivity contribution in [1.29, 1.82) is 0 Å². The van der Waals surface area contributed by atoms with Crippen molar-refractivity contribution in [3.05, 3.63) is 120 Å². The minimum absolute atomic E-state index is 0.123. The van der Waals surface area contributed by atoms with Gasteiger partial charge in [0.15, 0.2) is 5.78 Å². The summed E-state index contributed by atoms with van der Waals surface area (Å²) in [5.41, 5.74) is 2.23. The zero-order chi connectivity index (χ0) is 20.4. The van der Waals surface area contributed by atoms with E-state index in [0.717, 1.165) is 5.56 Å². The molecule has 30 heavy (non-hydrogen) atoms. The first-order chi connectivity index (χ1) is 14.7. The van der Waals surface area contributed by atoms with E-state index in [1.165, 1.54) is 11.1 Å². The third kappa shape index (κ3) is 1.78. The fourth-order valence-corrected chi connectivity index (χ4v) is 7.01. The molecule has 0 N–H and O–H groups in total. The lowest BCUT2D eigenvalue weighted by Crippen LogP contribution is -2.46. The average molecular weight is 392 g/mol. The molecular formula is C28H24O2. The Morgan fingerprint density at radius 1 is 0.800 bits per heavy atom. The highest BCUT2D eigenvalue weighted by Gasteiger charge is 2.92. The second-order valence-electron chi connectivity index (χ2n) is 8.78. The highest BCUT2D eigenvalue weighted by Crippen LogP contribution is 2.85. The molecule has 3 aliphatic rings. The molecule has 0 spiro atoms. The lowest BCUT2D eigenvalue weighted by atomic mass is 9.68. The van der Waals surface area contributed by atoms with Crippen molar-refractivity contribution in [1.82, 2.24) is 0 Å². The molecule has 148 valence electrons. The van der Waals surface area contributed by atoms with Gasteiger partial charge < -0.3 is 4.74 Å². The molecule has 2 bridgehead atoms. The van der Waals surface area contributed by atoms with Gasteiger partial charge in [-0.1, -0.05) is 97.1 Å². The lowest BCUT2D eigenvalue weighted by molar-refractivity contribution is -0.158. The van der Waals surface area contributed by atoms with Gasteiger partial charge in [0.25, 0.3) is 0 Å². The van der Waals surface area contributed by atoms with E-state index in [0.29, 0.717) is 12.8 Å². The molecule has 2 heterocycles. The Bertz CT molecular complexity index is 1120. The van der Waals surface area contributed by atoms with Gasteiger partial charge in [0.05, 0.1) is 0 Å². The number of Topliss-reactive ketones (excluding diaryl/α,β-unsaturated/α-hetero) is 1. The monoisotopic (exact) mass is 392 g/mol. The van der Waals surface area contributed by atoms with E-state index in [9.17, 15) is 4.79 Å². The normalized spacial score (nSPS) is 36.2. The number of rotatable bonds is 4. The predicted molar refractivity (Wildman–Crippen MR) is 117 cm³/mol. The Balaban J connectivity index is 1.73. The van der Waals surface area contributed by atoms with Gasteiger partial charge in [-0.15, -0.1) is 6.58 Å². The fraction of sp³-hybridized carbons (Fsp3) is 0.250. The van der Waals surface area contributed by atoms with Crippen LogP contribution in [0.25, 0.3) is 0 Å². The fourth-order valence-electron chi connectivity index (χ4n) is 7.01. The number of carbonyl (C=O) groups is 1. The summed E-state index contributed by atoms with van der Waals surface area (Å²) in [6.45, 7) is 4.26. The van der Waals surface area contributed by atoms with Crippen molar-refractivity contribution >= 4 is 5.78 Å². The standard InChI is InChI=1S/C28H24O2/c1-2-24-27(21-14-8-4-9-15-21)25-23(29)18-19-26(30-25,20-12-6-3-7-13-20)28(24,27)22-16-10-5-11-17-22/h2-17,24-25H,1,18-19H2/t24-,25+,26+,27+,28-/m1/s1. The van der Waals surface area contributed by atoms with Crippen molar-refractivity contribution in [2.75, 3.05) is 0 Å². The summed E-state index contributed by atoms with van der Waals surface area (Å²) in [6.07, 6.45) is 2.86. The van der Waals surface area contributed by atoms with Crippen LogP contribution in [0.4, 0.5) is 0 Å². The van der Waals surface area contributed by atoms with E-state index >= 15 is 0 Å². The van der Waals surface area contributed by atoms with Crippen LogP contribution in [0.15, 0.2) is 104 Å². The molecule has 2 saturated heterocycles. The average Bonchev–Trinajstić information content (AvgIpc) is 3.39. The van der Waals surface area contributed by atoms with Crippen molar-refractivity contribution in [2.24, 2.45) is 5.92 Å². The molecule has 0 aromatic heterocycles. The number of ether oxygens (including phenoxy) is 1. The second kappa shape index (κ2) is 6.02. The minimum Gasteiger partial charge on any atom is -0.357 e. The molecule has 2 nitrogen and oxygen atoms in total. The molecule has 2 aliphatic heterocycles. The maximum Gasteiger partial charge on any atom is 0.162 e. The minimum atomic E-state index is -0.553. The van der Waals surface area contributed by atoms with Gasteiger partial charge in [-0.05, 0) is 23.1 Å². The van der Waals surface area contributed by atoms with Gasteiger partial charge in [-0.25, -0.2) is 0 Å². The van der Waals surface area contributed by atoms with Crippen LogP contribution in [0.2, 0.25) is 0 Å². The van der Waals surface area contributed by atoms with Crippen LogP contribution >= 0.6 is 0 Å². The molecule has 3 aromatic carbocycles. The first-order valence-electron chi connectivity index (χ1n) is 10.7. The highest BCUT2D eigenvalue weighted by atomic mass is 16.5. The molecule has 0 radical (unpaired) electrons. The van der Waals surface area contributed by atoms with Gasteiger partial charge in [-0.2, -0.15) is 0 Å². The van der Waals surface area contributed by atoms with Gasteiger partial charge >= 0.3 is 0 Å². The van der Waals surface area contributed by atoms with Gasteiger partial charge in [0.2, 0.25) is 0 Å². The van der Waals surface area contributed by atoms with Crippen molar-refractivity contribution in [3.8, 4) is 0 Å². The maximum atomic E-state index is 13.3. The molecule has 0 amide bonds. The van der Waals surface area contributed by atoms with Gasteiger partial charge in [0, 0.05) is 23.2 Å². The molecule has 1 saturated carbocycles. The van der Waals surface area contributed by atoms with Crippen LogP contribution in [-0.2, 0) is 26.0 Å². The number of fused-ring (bicyclic) bond motifs is 5. The largest absolute Gasteiger partial charge is 0.357 e. The predicted octanol–water partition coefficient (Wildman–Crippen LogP) is 5.34. The summed E-state index contributed by atoms with van der Waals surface area (Å²) >= 11 is 0. The Morgan fingerprint density at radius 2 is 1.33 bits per heavy atom. The Labute approximate surface area is 177 Å². The zero-order valence-electron chi connectivity index (χ0n) is 16.8. The molecule has 6 rings (SSSR count). The van der Waals surface area contributed by atoms with E-state index in [4.69, 9.17) is 4.74 Å². The Hall–Kier alpha value is -2.97. The third-order valence-corrected chi connectivity index (χ3v) is 7.87. The summed E-state index contributed by atoms with van der Waals surface area (Å²) < 4.78 is 6.90. The van der Waals surface area contributed by atoms with Gasteiger partial charge in [-0.3, -0.25) is 4.79 Å². The van der Waals surface area contributed by atoms with Crippen LogP contribution in [0.3, 0.4) is 0 Å². The van der Waals surface area contributed by atoms with E-state index < -0.39 is 17.1 Å². The second-order valence-corrected chi connectivity index (χ2v) is 8.78. The smallest absolute Gasteiger partial charge is 0.162 e. The number of allylic oxidation sites excluding steroid dienone is 1. The summed E-state index contributed by atoms with van der Waals surface area (Å²) in [5.74, 6) is 0.338. The topological polar surface area (TPSA) is 26.3 Å². The first-order valence-corrected chi connectivity index (χ1v) is 10.7. The molecule has 0 unspecified atom stereocenters. The van der Waals surface area contributed by atoms with Crippen LogP contribution in [0.5, 0.6) is 0 Å². The van der Waals surface area contributed by atoms with E-state index in [1.807, 2.05) is 12.1 Å². The SMILES string of the molecule is C=C[C@@H]1[C@@]2(c3ccccc3)[C@H]3O[C@](c4ccccc4)(CCC3=O)[C@@]12c1ccccc1. The highest BCUT2D eigenvalue weighted by molar-refractivity contribution is 5.91. The van der Waals surface area contributed by atoms with Crippen molar-refractivity contribution in [3.63, 3.8) is 0 Å². The third-order valence-electron chi connectivity index (χ3n) is 7.87. The Kier molecular flexibility index (Phi) is 3.58. The molecule has 3 fully saturated rings. The van der Waals surface area contributed by atoms with Crippen LogP contribution in [0.1, 0.15) is 29.5 Å². The summed E-state index contributed by atoms with van der Waals surface area (Å²) in [4.78, 5) is 13.3. The maximum absolute atomic E-state index is 13.3. The van der Waals surface area contributed by atoms with Crippen LogP contribution in [0, 0.1) is 5.92 Å². The number of benzene rings is 3. The van der Waals surface area contributed by atoms with Crippen LogP contribution in [-0.4, -0.2) is 11.9 Å². The van der Waals surface area contributed by atoms with Crippen molar-refractivity contribution in [2.45, 2.75) is 35.4 Å². The van der Waals surface area contributed by atoms with Crippen molar-refractivity contribution < 1.29 is 9.53 Å². The van der Waals surface area contributed by atoms with E-state index in [2.05, 4.69) is 91.5 Å². The first kappa shape index (κ1) is 17.9. The number of hydrogen-bond donors (Lipinski definition) is 0. The van der Waals surface area contributed by atoms with Crippen LogP contribution < -0.4 is 0 Å². The quantitative estimate of drug-likeness (QED) is 0.561. The molecular weight excluding hydrogens is 368 g/mol. The molecule has 3 aromatic rings. The van der Waals surface area contributed by atoms with E-state index in [-0.39, 0.29) is 17.1 Å². The number of ketones is 1. The van der Waals surface area contributed by atoms with Gasteiger partial charge in [0.1, 0.15) is 11.7 Å². The lowest BCUT2D eigenvalue weighted by Gasteiger charge is -2.42. The molecule has 2 heteroatoms. The summed E-state index contributed by atoms with van der Waals surface area (Å²) in [5, 5.41) is 0. The number of carbonyl (C=O) groups excluding carboxylic acids is 1. The summed E-state index contributed by atoms with van der Waals surface area (Å²) in [7, 11) is 0.